The van der Waals surface area contributed by atoms with E-state index in [4.69, 9.17) is 27.3 Å². The normalized spacial score (nSPS) is 17.5. The molecule has 0 atom stereocenters. The van der Waals surface area contributed by atoms with E-state index in [1.54, 1.807) is 12.1 Å². The molecule has 1 aromatic carbocycles. The zero-order chi connectivity index (χ0) is 13.8. The van der Waals surface area contributed by atoms with Gasteiger partial charge in [-0.05, 0) is 31.0 Å². The van der Waals surface area contributed by atoms with Crippen molar-refractivity contribution in [3.8, 4) is 0 Å². The van der Waals surface area contributed by atoms with Gasteiger partial charge in [-0.2, -0.15) is 0 Å². The minimum absolute atomic E-state index is 0.0576. The van der Waals surface area contributed by atoms with Crippen LogP contribution in [-0.4, -0.2) is 37.3 Å². The van der Waals surface area contributed by atoms with Crippen LogP contribution in [-0.2, 0) is 4.74 Å². The number of rotatable bonds is 3. The average Bonchev–Trinajstić information content (AvgIpc) is 2.46. The van der Waals surface area contributed by atoms with Crippen molar-refractivity contribution in [3.63, 3.8) is 0 Å². The van der Waals surface area contributed by atoms with E-state index in [1.165, 1.54) is 0 Å². The smallest absolute Gasteiger partial charge is 0.170 e. The molecule has 0 radical (unpaired) electrons. The second kappa shape index (κ2) is 6.12. The molecule has 2 rings (SSSR count). The van der Waals surface area contributed by atoms with Crippen molar-refractivity contribution in [1.82, 2.24) is 0 Å². The predicted molar refractivity (Wildman–Crippen MR) is 76.2 cm³/mol. The molecule has 104 valence electrons. The maximum Gasteiger partial charge on any atom is 0.170 e. The lowest BCUT2D eigenvalue weighted by Gasteiger charge is -2.33. The van der Waals surface area contributed by atoms with Gasteiger partial charge in [-0.1, -0.05) is 16.8 Å². The Morgan fingerprint density at radius 3 is 2.74 bits per heavy atom. The van der Waals surface area contributed by atoms with Crippen LogP contribution in [0, 0.1) is 0 Å². The third kappa shape index (κ3) is 3.11. The fraction of sp³-hybridized carbons (Fsp3) is 0.462. The number of oxime groups is 1. The number of benzene rings is 1. The first-order valence-corrected chi connectivity index (χ1v) is 6.59. The van der Waals surface area contributed by atoms with E-state index in [0.717, 1.165) is 31.7 Å². The van der Waals surface area contributed by atoms with Crippen molar-refractivity contribution in [2.45, 2.75) is 18.9 Å². The predicted octanol–water partition coefficient (Wildman–Crippen LogP) is 2.05. The van der Waals surface area contributed by atoms with Gasteiger partial charge in [0.2, 0.25) is 0 Å². The van der Waals surface area contributed by atoms with Crippen LogP contribution in [0.4, 0.5) is 5.69 Å². The first-order valence-electron chi connectivity index (χ1n) is 6.21. The summed E-state index contributed by atoms with van der Waals surface area (Å²) in [7, 11) is 2.03. The molecule has 0 aliphatic carbocycles. The van der Waals surface area contributed by atoms with Gasteiger partial charge in [-0.15, -0.1) is 0 Å². The van der Waals surface area contributed by atoms with Crippen molar-refractivity contribution >= 4 is 23.1 Å². The number of hydrogen-bond acceptors (Lipinski definition) is 4. The molecule has 3 N–H and O–H groups in total. The SMILES string of the molecule is CN(c1ccc(C(N)=NO)cc1Cl)C1CCOCC1. The quantitative estimate of drug-likeness (QED) is 0.385. The van der Waals surface area contributed by atoms with Crippen LogP contribution in [0.25, 0.3) is 0 Å². The molecular formula is C13H18ClN3O2. The molecular weight excluding hydrogens is 266 g/mol. The van der Waals surface area contributed by atoms with Crippen LogP contribution in [0.15, 0.2) is 23.4 Å². The third-order valence-electron chi connectivity index (χ3n) is 3.47. The molecule has 6 heteroatoms. The molecule has 0 unspecified atom stereocenters. The zero-order valence-electron chi connectivity index (χ0n) is 10.8. The van der Waals surface area contributed by atoms with Crippen LogP contribution in [0.1, 0.15) is 18.4 Å². The Morgan fingerprint density at radius 2 is 2.16 bits per heavy atom. The lowest BCUT2D eigenvalue weighted by atomic mass is 10.1. The molecule has 1 saturated heterocycles. The number of anilines is 1. The van der Waals surface area contributed by atoms with Gasteiger partial charge in [0, 0.05) is 31.9 Å². The lowest BCUT2D eigenvalue weighted by Crippen LogP contribution is -2.36. The summed E-state index contributed by atoms with van der Waals surface area (Å²) in [4.78, 5) is 2.17. The summed E-state index contributed by atoms with van der Waals surface area (Å²) in [5.41, 5.74) is 7.10. The molecule has 1 aliphatic rings. The molecule has 0 saturated carbocycles. The molecule has 1 fully saturated rings. The van der Waals surface area contributed by atoms with E-state index < -0.39 is 0 Å². The fourth-order valence-electron chi connectivity index (χ4n) is 2.28. The van der Waals surface area contributed by atoms with Crippen LogP contribution in [0.5, 0.6) is 0 Å². The van der Waals surface area contributed by atoms with Gasteiger partial charge in [0.15, 0.2) is 5.84 Å². The highest BCUT2D eigenvalue weighted by atomic mass is 35.5. The van der Waals surface area contributed by atoms with Crippen LogP contribution in [0.2, 0.25) is 5.02 Å². The summed E-state index contributed by atoms with van der Waals surface area (Å²) in [5.74, 6) is 0.0576. The van der Waals surface area contributed by atoms with Gasteiger partial charge in [0.25, 0.3) is 0 Å². The molecule has 1 heterocycles. The number of nitrogens with two attached hydrogens (primary N) is 1. The van der Waals surface area contributed by atoms with Crippen molar-refractivity contribution in [2.24, 2.45) is 10.9 Å². The topological polar surface area (TPSA) is 71.1 Å². The van der Waals surface area contributed by atoms with E-state index in [1.807, 2.05) is 13.1 Å². The minimum atomic E-state index is 0.0576. The molecule has 0 bridgehead atoms. The van der Waals surface area contributed by atoms with Gasteiger partial charge in [0.05, 0.1) is 10.7 Å². The molecule has 0 amide bonds. The number of halogens is 1. The molecule has 5 nitrogen and oxygen atoms in total. The zero-order valence-corrected chi connectivity index (χ0v) is 11.6. The largest absolute Gasteiger partial charge is 0.409 e. The lowest BCUT2D eigenvalue weighted by molar-refractivity contribution is 0.0855. The summed E-state index contributed by atoms with van der Waals surface area (Å²) < 4.78 is 5.36. The minimum Gasteiger partial charge on any atom is -0.409 e. The highest BCUT2D eigenvalue weighted by Gasteiger charge is 2.20. The van der Waals surface area contributed by atoms with Gasteiger partial charge in [-0.25, -0.2) is 0 Å². The Hall–Kier alpha value is -1.46. The van der Waals surface area contributed by atoms with Crippen molar-refractivity contribution in [2.75, 3.05) is 25.2 Å². The number of ether oxygens (including phenoxy) is 1. The molecule has 0 spiro atoms. The summed E-state index contributed by atoms with van der Waals surface area (Å²) in [6, 6.07) is 5.83. The molecule has 19 heavy (non-hydrogen) atoms. The Balaban J connectivity index is 2.20. The van der Waals surface area contributed by atoms with E-state index in [9.17, 15) is 0 Å². The summed E-state index contributed by atoms with van der Waals surface area (Å²) in [6.07, 6.45) is 1.99. The number of hydrogen-bond donors (Lipinski definition) is 2. The van der Waals surface area contributed by atoms with Gasteiger partial charge in [-0.3, -0.25) is 0 Å². The second-order valence-corrected chi connectivity index (χ2v) is 5.01. The maximum absolute atomic E-state index is 8.66. The summed E-state index contributed by atoms with van der Waals surface area (Å²) in [6.45, 7) is 1.57. The van der Waals surface area contributed by atoms with Gasteiger partial charge < -0.3 is 20.6 Å². The van der Waals surface area contributed by atoms with Crippen LogP contribution >= 0.6 is 11.6 Å². The van der Waals surface area contributed by atoms with E-state index in [0.29, 0.717) is 16.6 Å². The van der Waals surface area contributed by atoms with Crippen molar-refractivity contribution in [1.29, 1.82) is 0 Å². The summed E-state index contributed by atoms with van der Waals surface area (Å²) >= 11 is 6.28. The monoisotopic (exact) mass is 283 g/mol. The average molecular weight is 284 g/mol. The number of nitrogens with zero attached hydrogens (tertiary/aromatic N) is 2. The van der Waals surface area contributed by atoms with Crippen LogP contribution in [0.3, 0.4) is 0 Å². The molecule has 1 aliphatic heterocycles. The second-order valence-electron chi connectivity index (χ2n) is 4.61. The first kappa shape index (κ1) is 14.0. The van der Waals surface area contributed by atoms with E-state index >= 15 is 0 Å². The van der Waals surface area contributed by atoms with Crippen molar-refractivity contribution < 1.29 is 9.94 Å². The molecule has 1 aromatic rings. The van der Waals surface area contributed by atoms with E-state index in [-0.39, 0.29) is 5.84 Å². The third-order valence-corrected chi connectivity index (χ3v) is 3.77. The Bertz CT molecular complexity index is 473. The Kier molecular flexibility index (Phi) is 4.50. The highest BCUT2D eigenvalue weighted by molar-refractivity contribution is 6.33. The maximum atomic E-state index is 8.66. The fourth-order valence-corrected chi connectivity index (χ4v) is 2.59. The Morgan fingerprint density at radius 1 is 1.47 bits per heavy atom. The summed E-state index contributed by atoms with van der Waals surface area (Å²) in [5, 5.41) is 12.2. The van der Waals surface area contributed by atoms with Gasteiger partial charge in [0.1, 0.15) is 0 Å². The molecule has 0 aromatic heterocycles. The highest BCUT2D eigenvalue weighted by Crippen LogP contribution is 2.29. The van der Waals surface area contributed by atoms with Crippen molar-refractivity contribution in [3.05, 3.63) is 28.8 Å². The number of amidine groups is 1. The Labute approximate surface area is 117 Å². The van der Waals surface area contributed by atoms with Gasteiger partial charge >= 0.3 is 0 Å². The standard InChI is InChI=1S/C13H18ClN3O2/c1-17(10-4-6-19-7-5-10)12-3-2-9(8-11(12)14)13(15)16-18/h2-3,8,10,18H,4-7H2,1H3,(H2,15,16). The first-order chi connectivity index (χ1) is 9.13. The van der Waals surface area contributed by atoms with Crippen LogP contribution < -0.4 is 10.6 Å². The van der Waals surface area contributed by atoms with E-state index in [2.05, 4.69) is 10.1 Å².